The Labute approximate surface area is 227 Å². The Morgan fingerprint density at radius 2 is 1.79 bits per heavy atom. The molecule has 0 saturated carbocycles. The van der Waals surface area contributed by atoms with Crippen molar-refractivity contribution < 1.29 is 22.7 Å². The van der Waals surface area contributed by atoms with Crippen LogP contribution in [0.3, 0.4) is 0 Å². The van der Waals surface area contributed by atoms with Gasteiger partial charge in [-0.05, 0) is 68.9 Å². The molecule has 2 saturated heterocycles. The molecule has 3 unspecified atom stereocenters. The third kappa shape index (κ3) is 6.75. The number of carbonyl (C=O) groups excluding carboxylic acids is 1. The van der Waals surface area contributed by atoms with Crippen LogP contribution in [-0.4, -0.2) is 75.1 Å². The monoisotopic (exact) mass is 543 g/mol. The molecule has 4 rings (SSSR count). The Balaban J connectivity index is 1.33. The predicted octanol–water partition coefficient (Wildman–Crippen LogP) is 3.65. The predicted molar refractivity (Wildman–Crippen MR) is 148 cm³/mol. The highest BCUT2D eigenvalue weighted by atomic mass is 32.2. The van der Waals surface area contributed by atoms with Crippen LogP contribution in [0.5, 0.6) is 5.75 Å². The normalized spacial score (nSPS) is 21.8. The third-order valence-corrected chi connectivity index (χ3v) is 9.84. The fraction of sp³-hybridized carbons (Fsp3) is 0.552. The molecule has 0 radical (unpaired) electrons. The molecule has 38 heavy (non-hydrogen) atoms. The van der Waals surface area contributed by atoms with Crippen LogP contribution in [0.15, 0.2) is 47.4 Å². The lowest BCUT2D eigenvalue weighted by molar-refractivity contribution is -0.133. The molecular weight excluding hydrogens is 502 g/mol. The van der Waals surface area contributed by atoms with Crippen LogP contribution in [-0.2, 0) is 26.1 Å². The molecule has 0 spiro atoms. The van der Waals surface area contributed by atoms with Crippen molar-refractivity contribution in [1.29, 1.82) is 0 Å². The zero-order valence-corrected chi connectivity index (χ0v) is 23.8. The van der Waals surface area contributed by atoms with Crippen molar-refractivity contribution >= 4 is 15.9 Å². The Hall–Kier alpha value is -2.46. The highest BCUT2D eigenvalue weighted by Crippen LogP contribution is 2.32. The molecule has 3 atom stereocenters. The van der Waals surface area contributed by atoms with Crippen LogP contribution in [0.2, 0.25) is 0 Å². The van der Waals surface area contributed by atoms with Crippen molar-refractivity contribution in [3.63, 3.8) is 0 Å². The number of methoxy groups -OCH3 is 1. The first-order valence-electron chi connectivity index (χ1n) is 13.5. The molecule has 1 N–H and O–H groups in total. The summed E-state index contributed by atoms with van der Waals surface area (Å²) in [6.45, 7) is 8.59. The van der Waals surface area contributed by atoms with Crippen molar-refractivity contribution in [2.24, 2.45) is 0 Å². The molecule has 1 amide bonds. The van der Waals surface area contributed by atoms with E-state index in [1.807, 2.05) is 18.2 Å². The highest BCUT2D eigenvalue weighted by Gasteiger charge is 2.36. The number of ether oxygens (including phenoxy) is 2. The van der Waals surface area contributed by atoms with E-state index in [0.717, 1.165) is 38.9 Å². The van der Waals surface area contributed by atoms with E-state index in [4.69, 9.17) is 9.47 Å². The summed E-state index contributed by atoms with van der Waals surface area (Å²) in [5.74, 6) is 0.492. The van der Waals surface area contributed by atoms with E-state index in [1.54, 1.807) is 44.3 Å². The van der Waals surface area contributed by atoms with Gasteiger partial charge in [0.25, 0.3) is 0 Å². The first kappa shape index (κ1) is 28.5. The number of carbonyl (C=O) groups is 1. The Kier molecular flexibility index (Phi) is 9.46. The maximum absolute atomic E-state index is 13.8. The Bertz CT molecular complexity index is 1180. The maximum atomic E-state index is 13.8. The zero-order chi connectivity index (χ0) is 27.3. The van der Waals surface area contributed by atoms with Gasteiger partial charge in [0.1, 0.15) is 11.9 Å². The van der Waals surface area contributed by atoms with Gasteiger partial charge < -0.3 is 14.8 Å². The minimum absolute atomic E-state index is 0.0878. The minimum atomic E-state index is -3.72. The van der Waals surface area contributed by atoms with Crippen LogP contribution in [0.1, 0.15) is 49.3 Å². The van der Waals surface area contributed by atoms with Gasteiger partial charge in [0.2, 0.25) is 15.9 Å². The van der Waals surface area contributed by atoms with Crippen molar-refractivity contribution in [3.05, 3.63) is 59.2 Å². The van der Waals surface area contributed by atoms with E-state index < -0.39 is 16.1 Å². The van der Waals surface area contributed by atoms with Crippen molar-refractivity contribution in [2.45, 2.75) is 76.1 Å². The summed E-state index contributed by atoms with van der Waals surface area (Å²) in [6, 6.07) is 13.6. The smallest absolute Gasteiger partial charge is 0.249 e. The van der Waals surface area contributed by atoms with Gasteiger partial charge in [-0.1, -0.05) is 36.8 Å². The number of benzene rings is 2. The quantitative estimate of drug-likeness (QED) is 0.492. The molecule has 2 aromatic rings. The molecule has 2 aliphatic rings. The summed E-state index contributed by atoms with van der Waals surface area (Å²) < 4.78 is 40.4. The molecule has 0 aliphatic carbocycles. The molecule has 2 aromatic carbocycles. The number of amides is 1. The second kappa shape index (κ2) is 12.6. The number of piperidine rings is 1. The second-order valence-corrected chi connectivity index (χ2v) is 12.4. The molecule has 0 aromatic heterocycles. The lowest BCUT2D eigenvalue weighted by Crippen LogP contribution is -2.48. The first-order valence-corrected chi connectivity index (χ1v) is 15.0. The van der Waals surface area contributed by atoms with E-state index >= 15 is 0 Å². The lowest BCUT2D eigenvalue weighted by Gasteiger charge is -2.35. The van der Waals surface area contributed by atoms with Crippen LogP contribution in [0.4, 0.5) is 0 Å². The van der Waals surface area contributed by atoms with Gasteiger partial charge in [0, 0.05) is 38.3 Å². The lowest BCUT2D eigenvalue weighted by atomic mass is 10.1. The van der Waals surface area contributed by atoms with E-state index in [1.165, 1.54) is 5.56 Å². The Morgan fingerprint density at radius 1 is 1.08 bits per heavy atom. The molecule has 208 valence electrons. The van der Waals surface area contributed by atoms with Crippen LogP contribution < -0.4 is 10.1 Å². The topological polar surface area (TPSA) is 88.2 Å². The summed E-state index contributed by atoms with van der Waals surface area (Å²) >= 11 is 0. The number of sulfonamides is 1. The minimum Gasteiger partial charge on any atom is -0.497 e. The summed E-state index contributed by atoms with van der Waals surface area (Å²) in [5, 5.41) is 3.13. The molecule has 8 nitrogen and oxygen atoms in total. The summed E-state index contributed by atoms with van der Waals surface area (Å²) in [7, 11) is -2.15. The van der Waals surface area contributed by atoms with E-state index in [9.17, 15) is 13.2 Å². The van der Waals surface area contributed by atoms with Gasteiger partial charge >= 0.3 is 0 Å². The summed E-state index contributed by atoms with van der Waals surface area (Å²) in [4.78, 5) is 15.6. The van der Waals surface area contributed by atoms with E-state index in [-0.39, 0.29) is 24.6 Å². The number of nitrogens with one attached hydrogen (secondary N) is 1. The fourth-order valence-corrected chi connectivity index (χ4v) is 7.69. The molecular formula is C29H41N3O5S. The average molecular weight is 544 g/mol. The highest BCUT2D eigenvalue weighted by molar-refractivity contribution is 7.89. The molecule has 0 bridgehead atoms. The van der Waals surface area contributed by atoms with Gasteiger partial charge in [0.15, 0.2) is 0 Å². The summed E-state index contributed by atoms with van der Waals surface area (Å²) in [5.41, 5.74) is 2.60. The zero-order valence-electron chi connectivity index (χ0n) is 23.0. The van der Waals surface area contributed by atoms with Crippen LogP contribution >= 0.6 is 0 Å². The maximum Gasteiger partial charge on any atom is 0.249 e. The van der Waals surface area contributed by atoms with Crippen LogP contribution in [0, 0.1) is 13.8 Å². The van der Waals surface area contributed by atoms with E-state index in [0.29, 0.717) is 34.7 Å². The molecule has 2 heterocycles. The van der Waals surface area contributed by atoms with Crippen LogP contribution in [0.25, 0.3) is 0 Å². The number of hydrogen-bond acceptors (Lipinski definition) is 6. The first-order chi connectivity index (χ1) is 18.2. The van der Waals surface area contributed by atoms with Gasteiger partial charge in [0.05, 0.1) is 18.6 Å². The number of aryl methyl sites for hydroxylation is 2. The van der Waals surface area contributed by atoms with Gasteiger partial charge in [-0.25, -0.2) is 8.42 Å². The summed E-state index contributed by atoms with van der Waals surface area (Å²) in [6.07, 6.45) is 2.69. The Morgan fingerprint density at radius 3 is 2.47 bits per heavy atom. The number of hydrogen-bond donors (Lipinski definition) is 1. The molecule has 9 heteroatoms. The second-order valence-electron chi connectivity index (χ2n) is 10.5. The number of likely N-dealkylation sites (tertiary alicyclic amines) is 1. The number of nitrogens with zero attached hydrogens (tertiary/aromatic N) is 2. The SMILES string of the molecule is COc1cc(C)c(S(=O)(=O)N2CCCCC2COC(C)C(=O)NC2CCN(Cc3ccccc3)C2)c(C)c1. The third-order valence-electron chi connectivity index (χ3n) is 7.58. The van der Waals surface area contributed by atoms with Crippen molar-refractivity contribution in [1.82, 2.24) is 14.5 Å². The number of rotatable bonds is 10. The van der Waals surface area contributed by atoms with Gasteiger partial charge in [-0.3, -0.25) is 9.69 Å². The average Bonchev–Trinajstić information content (AvgIpc) is 3.33. The fourth-order valence-electron chi connectivity index (χ4n) is 5.59. The van der Waals surface area contributed by atoms with Crippen molar-refractivity contribution in [2.75, 3.05) is 33.4 Å². The molecule has 2 fully saturated rings. The largest absolute Gasteiger partial charge is 0.497 e. The van der Waals surface area contributed by atoms with E-state index in [2.05, 4.69) is 22.3 Å². The molecule has 2 aliphatic heterocycles. The van der Waals surface area contributed by atoms with Crippen molar-refractivity contribution in [3.8, 4) is 5.75 Å². The standard InChI is InChI=1S/C29H41N3O5S/c1-21-16-27(36-4)17-22(2)28(21)38(34,35)32-14-9-8-12-26(32)20-37-23(3)29(33)30-25-13-15-31(19-25)18-24-10-6-5-7-11-24/h5-7,10-11,16-17,23,25-26H,8-9,12-15,18-20H2,1-4H3,(H,30,33). The van der Waals surface area contributed by atoms with Gasteiger partial charge in [-0.15, -0.1) is 0 Å². The van der Waals surface area contributed by atoms with Gasteiger partial charge in [-0.2, -0.15) is 4.31 Å².